The number of hydrogen-bond donors (Lipinski definition) is 2. The number of likely N-dealkylation sites (N-methyl/N-ethyl adjacent to an activating group) is 1. The summed E-state index contributed by atoms with van der Waals surface area (Å²) in [6.45, 7) is 0.843. The van der Waals surface area contributed by atoms with Crippen LogP contribution in [0.15, 0.2) is 54.2 Å². The number of aromatic nitrogens is 1. The van der Waals surface area contributed by atoms with Gasteiger partial charge in [0.05, 0.1) is 25.8 Å². The van der Waals surface area contributed by atoms with Gasteiger partial charge in [-0.15, -0.1) is 0 Å². The van der Waals surface area contributed by atoms with Crippen LogP contribution in [0.2, 0.25) is 0 Å². The number of fused-ring (bicyclic) bond motifs is 1. The second-order valence-electron chi connectivity index (χ2n) is 8.15. The second kappa shape index (κ2) is 8.99. The van der Waals surface area contributed by atoms with Gasteiger partial charge in [0.1, 0.15) is 17.3 Å². The number of nitrogens with one attached hydrogen (secondary N) is 1. The standard InChI is InChI=1S/C25H27N3O5/c1-27(2)11-12-28-22(17-13-15(32-3)9-10-20(17)33-4)21(24(30)25(28)31)23(29)18-14-26-19-8-6-5-7-16(18)19/h5-10,13-14,22,26,29H,11-12H2,1-4H3/b23-21+/t22-/m1/s1. The molecule has 33 heavy (non-hydrogen) atoms. The molecule has 0 spiro atoms. The van der Waals surface area contributed by atoms with Gasteiger partial charge < -0.3 is 29.4 Å². The smallest absolute Gasteiger partial charge is 0.295 e. The molecular formula is C25H27N3O5. The van der Waals surface area contributed by atoms with Gasteiger partial charge in [-0.1, -0.05) is 18.2 Å². The Balaban J connectivity index is 1.95. The highest BCUT2D eigenvalue weighted by Crippen LogP contribution is 2.44. The fourth-order valence-corrected chi connectivity index (χ4v) is 4.21. The lowest BCUT2D eigenvalue weighted by Gasteiger charge is -2.27. The molecule has 1 amide bonds. The number of amides is 1. The number of benzene rings is 2. The molecule has 172 valence electrons. The lowest BCUT2D eigenvalue weighted by molar-refractivity contribution is -0.140. The molecule has 8 heteroatoms. The Kier molecular flexibility index (Phi) is 6.11. The molecule has 3 aromatic rings. The van der Waals surface area contributed by atoms with Crippen LogP contribution in [0.1, 0.15) is 17.2 Å². The SMILES string of the molecule is COc1ccc(OC)c([C@@H]2/C(=C(\O)c3c[nH]c4ccccc34)C(=O)C(=O)N2CCN(C)C)c1. The van der Waals surface area contributed by atoms with Crippen molar-refractivity contribution >= 4 is 28.4 Å². The summed E-state index contributed by atoms with van der Waals surface area (Å²) in [6.07, 6.45) is 1.65. The Labute approximate surface area is 192 Å². The lowest BCUT2D eigenvalue weighted by Crippen LogP contribution is -2.35. The Morgan fingerprint density at radius 2 is 1.88 bits per heavy atom. The Bertz CT molecular complexity index is 1240. The summed E-state index contributed by atoms with van der Waals surface area (Å²) >= 11 is 0. The van der Waals surface area contributed by atoms with Crippen LogP contribution in [0, 0.1) is 0 Å². The van der Waals surface area contributed by atoms with Gasteiger partial charge in [-0.2, -0.15) is 0 Å². The number of hydrogen-bond acceptors (Lipinski definition) is 6. The fraction of sp³-hybridized carbons (Fsp3) is 0.280. The van der Waals surface area contributed by atoms with Crippen molar-refractivity contribution < 1.29 is 24.2 Å². The van der Waals surface area contributed by atoms with Gasteiger partial charge in [-0.05, 0) is 38.4 Å². The van der Waals surface area contributed by atoms with Crippen molar-refractivity contribution in [2.75, 3.05) is 41.4 Å². The molecule has 2 N–H and O–H groups in total. The van der Waals surface area contributed by atoms with Crippen LogP contribution in [0.4, 0.5) is 0 Å². The van der Waals surface area contributed by atoms with E-state index in [1.54, 1.807) is 31.5 Å². The van der Waals surface area contributed by atoms with Crippen molar-refractivity contribution in [1.29, 1.82) is 0 Å². The molecule has 1 aliphatic rings. The van der Waals surface area contributed by atoms with Crippen LogP contribution in [0.3, 0.4) is 0 Å². The third kappa shape index (κ3) is 3.93. The summed E-state index contributed by atoms with van der Waals surface area (Å²) in [5, 5.41) is 12.1. The number of ketones is 1. The minimum atomic E-state index is -0.830. The normalized spacial score (nSPS) is 17.8. The lowest BCUT2D eigenvalue weighted by atomic mass is 9.94. The first-order valence-electron chi connectivity index (χ1n) is 10.6. The van der Waals surface area contributed by atoms with Crippen LogP contribution in [0.25, 0.3) is 16.7 Å². The van der Waals surface area contributed by atoms with Crippen molar-refractivity contribution in [3.8, 4) is 11.5 Å². The van der Waals surface area contributed by atoms with Gasteiger partial charge in [0, 0.05) is 41.3 Å². The maximum Gasteiger partial charge on any atom is 0.295 e. The number of aromatic amines is 1. The van der Waals surface area contributed by atoms with Gasteiger partial charge in [-0.3, -0.25) is 9.59 Å². The fourth-order valence-electron chi connectivity index (χ4n) is 4.21. The molecule has 0 aliphatic carbocycles. The number of carbonyl (C=O) groups is 2. The molecule has 0 radical (unpaired) electrons. The summed E-state index contributed by atoms with van der Waals surface area (Å²) in [7, 11) is 6.85. The van der Waals surface area contributed by atoms with Crippen LogP contribution in [-0.4, -0.2) is 73.0 Å². The predicted octanol–water partition coefficient (Wildman–Crippen LogP) is 3.17. The number of methoxy groups -OCH3 is 2. The molecule has 1 fully saturated rings. The third-order valence-corrected chi connectivity index (χ3v) is 5.90. The van der Waals surface area contributed by atoms with Crippen LogP contribution < -0.4 is 9.47 Å². The van der Waals surface area contributed by atoms with Crippen LogP contribution in [0.5, 0.6) is 11.5 Å². The largest absolute Gasteiger partial charge is 0.507 e. The highest BCUT2D eigenvalue weighted by atomic mass is 16.5. The van der Waals surface area contributed by atoms with E-state index in [-0.39, 0.29) is 11.3 Å². The van der Waals surface area contributed by atoms with Gasteiger partial charge in [-0.25, -0.2) is 0 Å². The van der Waals surface area contributed by atoms with E-state index in [4.69, 9.17) is 9.47 Å². The van der Waals surface area contributed by atoms with Crippen molar-refractivity contribution in [3.05, 3.63) is 65.4 Å². The minimum Gasteiger partial charge on any atom is -0.507 e. The van der Waals surface area contributed by atoms with E-state index in [0.29, 0.717) is 35.7 Å². The van der Waals surface area contributed by atoms with Gasteiger partial charge in [0.25, 0.3) is 11.7 Å². The van der Waals surface area contributed by atoms with Gasteiger partial charge in [0.2, 0.25) is 0 Å². The van der Waals surface area contributed by atoms with E-state index in [2.05, 4.69) is 4.98 Å². The Morgan fingerprint density at radius 1 is 1.12 bits per heavy atom. The van der Waals surface area contributed by atoms with Gasteiger partial charge in [0.15, 0.2) is 0 Å². The van der Waals surface area contributed by atoms with Gasteiger partial charge >= 0.3 is 0 Å². The van der Waals surface area contributed by atoms with Crippen molar-refractivity contribution in [2.24, 2.45) is 0 Å². The first-order chi connectivity index (χ1) is 15.9. The number of likely N-dealkylation sites (tertiary alicyclic amines) is 1. The summed E-state index contributed by atoms with van der Waals surface area (Å²) in [4.78, 5) is 32.9. The number of H-pyrrole nitrogens is 1. The van der Waals surface area contributed by atoms with Crippen LogP contribution in [-0.2, 0) is 9.59 Å². The number of aliphatic hydroxyl groups is 1. The molecule has 0 unspecified atom stereocenters. The molecule has 1 aromatic heterocycles. The van der Waals surface area contributed by atoms with E-state index in [1.807, 2.05) is 43.3 Å². The van der Waals surface area contributed by atoms with E-state index >= 15 is 0 Å². The highest BCUT2D eigenvalue weighted by molar-refractivity contribution is 6.46. The molecule has 2 aromatic carbocycles. The Hall–Kier alpha value is -3.78. The molecule has 0 bridgehead atoms. The zero-order valence-electron chi connectivity index (χ0n) is 19.1. The maximum absolute atomic E-state index is 13.3. The quantitative estimate of drug-likeness (QED) is 0.327. The number of aliphatic hydroxyl groups excluding tert-OH is 1. The van der Waals surface area contributed by atoms with Crippen molar-refractivity contribution in [2.45, 2.75) is 6.04 Å². The molecule has 8 nitrogen and oxygen atoms in total. The third-order valence-electron chi connectivity index (χ3n) is 5.90. The average molecular weight is 450 g/mol. The van der Waals surface area contributed by atoms with E-state index in [0.717, 1.165) is 10.9 Å². The Morgan fingerprint density at radius 3 is 2.58 bits per heavy atom. The topological polar surface area (TPSA) is 95.1 Å². The van der Waals surface area contributed by atoms with Crippen molar-refractivity contribution in [1.82, 2.24) is 14.8 Å². The molecule has 1 saturated heterocycles. The number of carbonyl (C=O) groups excluding carboxylic acids is 2. The van der Waals surface area contributed by atoms with Crippen molar-refractivity contribution in [3.63, 3.8) is 0 Å². The molecule has 0 saturated carbocycles. The second-order valence-corrected chi connectivity index (χ2v) is 8.15. The number of Topliss-reactive ketones (excluding diaryl/α,β-unsaturated/α-hetero) is 1. The molecular weight excluding hydrogens is 422 g/mol. The summed E-state index contributed by atoms with van der Waals surface area (Å²) in [5.41, 5.74) is 1.87. The number of rotatable bonds is 7. The summed E-state index contributed by atoms with van der Waals surface area (Å²) < 4.78 is 11.0. The number of ether oxygens (including phenoxy) is 2. The minimum absolute atomic E-state index is 0.0232. The van der Waals surface area contributed by atoms with E-state index in [1.165, 1.54) is 12.0 Å². The number of nitrogens with zero attached hydrogens (tertiary/aromatic N) is 2. The summed E-state index contributed by atoms with van der Waals surface area (Å²) in [5.74, 6) is -0.578. The maximum atomic E-state index is 13.3. The van der Waals surface area contributed by atoms with E-state index < -0.39 is 17.7 Å². The van der Waals surface area contributed by atoms with Crippen LogP contribution >= 0.6 is 0 Å². The zero-order valence-corrected chi connectivity index (χ0v) is 19.1. The zero-order chi connectivity index (χ0) is 23.7. The molecule has 1 aliphatic heterocycles. The molecule has 1 atom stereocenters. The predicted molar refractivity (Wildman–Crippen MR) is 125 cm³/mol. The van der Waals surface area contributed by atoms with E-state index in [9.17, 15) is 14.7 Å². The molecule has 4 rings (SSSR count). The first kappa shape index (κ1) is 22.4. The highest BCUT2D eigenvalue weighted by Gasteiger charge is 2.47. The number of para-hydroxylation sites is 1. The summed E-state index contributed by atoms with van der Waals surface area (Å²) in [6, 6.07) is 11.8. The average Bonchev–Trinajstić information content (AvgIpc) is 3.36. The monoisotopic (exact) mass is 449 g/mol. The molecule has 2 heterocycles. The first-order valence-corrected chi connectivity index (χ1v) is 10.6.